The number of likely N-dealkylation sites (tertiary alicyclic amines) is 1. The topological polar surface area (TPSA) is 84.1 Å². The summed E-state index contributed by atoms with van der Waals surface area (Å²) in [4.78, 5) is 31.6. The zero-order valence-corrected chi connectivity index (χ0v) is 24.9. The number of fused-ring (bicyclic) bond motifs is 2. The van der Waals surface area contributed by atoms with E-state index >= 15 is 0 Å². The van der Waals surface area contributed by atoms with Gasteiger partial charge >= 0.3 is 0 Å². The molecule has 0 atom stereocenters. The van der Waals surface area contributed by atoms with Crippen molar-refractivity contribution in [1.29, 1.82) is 0 Å². The first-order chi connectivity index (χ1) is 20.9. The summed E-state index contributed by atoms with van der Waals surface area (Å²) in [6.07, 6.45) is 4.12. The van der Waals surface area contributed by atoms with Crippen LogP contribution in [0.15, 0.2) is 59.5 Å². The van der Waals surface area contributed by atoms with Crippen LogP contribution in [0, 0.1) is 11.7 Å². The van der Waals surface area contributed by atoms with Crippen LogP contribution in [-0.4, -0.2) is 63.2 Å². The molecule has 1 amide bonds. The van der Waals surface area contributed by atoms with Gasteiger partial charge < -0.3 is 14.6 Å². The maximum atomic E-state index is 14.1. The normalized spacial score (nSPS) is 16.3. The van der Waals surface area contributed by atoms with Gasteiger partial charge in [-0.1, -0.05) is 30.3 Å². The van der Waals surface area contributed by atoms with E-state index in [2.05, 4.69) is 36.9 Å². The molecule has 9 nitrogen and oxygen atoms in total. The molecular weight excluding hydrogens is 547 g/mol. The molecule has 2 aliphatic rings. The van der Waals surface area contributed by atoms with Crippen molar-refractivity contribution >= 4 is 11.6 Å². The molecule has 2 aromatic heterocycles. The van der Waals surface area contributed by atoms with Crippen molar-refractivity contribution in [2.24, 2.45) is 5.92 Å². The Morgan fingerprint density at radius 3 is 2.53 bits per heavy atom. The van der Waals surface area contributed by atoms with E-state index in [1.165, 1.54) is 16.8 Å². The van der Waals surface area contributed by atoms with Gasteiger partial charge in [0.15, 0.2) is 5.65 Å². The Hall–Kier alpha value is -4.02. The third-order valence-corrected chi connectivity index (χ3v) is 8.91. The van der Waals surface area contributed by atoms with Crippen LogP contribution in [0.25, 0.3) is 5.65 Å². The molecular formula is C33H39FN6O3. The first-order valence-corrected chi connectivity index (χ1v) is 15.2. The summed E-state index contributed by atoms with van der Waals surface area (Å²) in [5.41, 5.74) is 4.45. The monoisotopic (exact) mass is 586 g/mol. The van der Waals surface area contributed by atoms with Crippen molar-refractivity contribution < 1.29 is 13.9 Å². The molecule has 4 aromatic rings. The molecule has 1 saturated heterocycles. The van der Waals surface area contributed by atoms with E-state index in [0.717, 1.165) is 73.6 Å². The number of nitrogens with one attached hydrogen (secondary N) is 1. The predicted molar refractivity (Wildman–Crippen MR) is 163 cm³/mol. The molecule has 0 spiro atoms. The highest BCUT2D eigenvalue weighted by Gasteiger charge is 2.28. The second-order valence-electron chi connectivity index (χ2n) is 11.6. The average Bonchev–Trinajstić information content (AvgIpc) is 3.48. The van der Waals surface area contributed by atoms with Gasteiger partial charge in [0.25, 0.3) is 11.5 Å². The van der Waals surface area contributed by atoms with Gasteiger partial charge in [0.05, 0.1) is 18.9 Å². The van der Waals surface area contributed by atoms with E-state index in [0.29, 0.717) is 43.3 Å². The van der Waals surface area contributed by atoms with Crippen LogP contribution in [0.5, 0.6) is 5.75 Å². The number of methoxy groups -OCH3 is 1. The maximum Gasteiger partial charge on any atom is 0.279 e. The van der Waals surface area contributed by atoms with Crippen LogP contribution in [0.3, 0.4) is 0 Å². The summed E-state index contributed by atoms with van der Waals surface area (Å²) in [6, 6.07) is 14.9. The standard InChI is InChI=1S/C33H39FN6O3/c1-3-39-30-14-17-38(20-24-8-10-26(43-2)11-9-24)22-28(30)33(42)40-32(39)27(19-36-40)31(41)35-18-23-12-15-37(16-13-23)21-25-6-4-5-7-29(25)34/h4-11,19,23H,3,12-18,20-22H2,1-2H3,(H,35,41). The zero-order chi connectivity index (χ0) is 29.9. The van der Waals surface area contributed by atoms with E-state index in [1.807, 2.05) is 31.2 Å². The molecule has 1 fully saturated rings. The molecule has 0 aliphatic carbocycles. The molecule has 6 rings (SSSR count). The van der Waals surface area contributed by atoms with Crippen molar-refractivity contribution in [2.75, 3.05) is 33.3 Å². The summed E-state index contributed by atoms with van der Waals surface area (Å²) in [7, 11) is 1.66. The van der Waals surface area contributed by atoms with Crippen molar-refractivity contribution in [1.82, 2.24) is 29.3 Å². The molecule has 1 N–H and O–H groups in total. The predicted octanol–water partition coefficient (Wildman–Crippen LogP) is 3.86. The summed E-state index contributed by atoms with van der Waals surface area (Å²) >= 11 is 0. The van der Waals surface area contributed by atoms with E-state index in [4.69, 9.17) is 4.74 Å². The number of ether oxygens (including phenoxy) is 1. The summed E-state index contributed by atoms with van der Waals surface area (Å²) in [5, 5.41) is 7.50. The number of aryl methyl sites for hydroxylation is 1. The second-order valence-corrected chi connectivity index (χ2v) is 11.6. The zero-order valence-electron chi connectivity index (χ0n) is 24.9. The molecule has 0 bridgehead atoms. The third kappa shape index (κ3) is 6.07. The lowest BCUT2D eigenvalue weighted by Crippen LogP contribution is -2.39. The van der Waals surface area contributed by atoms with Gasteiger partial charge in [0, 0.05) is 56.9 Å². The Bertz CT molecular complexity index is 1660. The largest absolute Gasteiger partial charge is 0.497 e. The summed E-state index contributed by atoms with van der Waals surface area (Å²) < 4.78 is 22.8. The lowest BCUT2D eigenvalue weighted by Gasteiger charge is -2.32. The van der Waals surface area contributed by atoms with Gasteiger partial charge in [0.1, 0.15) is 17.1 Å². The van der Waals surface area contributed by atoms with Gasteiger partial charge in [-0.15, -0.1) is 0 Å². The molecule has 4 heterocycles. The minimum atomic E-state index is -0.206. The highest BCUT2D eigenvalue weighted by molar-refractivity contribution is 5.99. The minimum Gasteiger partial charge on any atom is -0.497 e. The Morgan fingerprint density at radius 1 is 1.05 bits per heavy atom. The molecule has 43 heavy (non-hydrogen) atoms. The van der Waals surface area contributed by atoms with Crippen LogP contribution >= 0.6 is 0 Å². The van der Waals surface area contributed by atoms with Crippen molar-refractivity contribution in [2.45, 2.75) is 52.4 Å². The second kappa shape index (κ2) is 12.7. The van der Waals surface area contributed by atoms with E-state index in [9.17, 15) is 14.0 Å². The van der Waals surface area contributed by atoms with E-state index in [-0.39, 0.29) is 17.3 Å². The fourth-order valence-electron chi connectivity index (χ4n) is 6.48. The van der Waals surface area contributed by atoms with Crippen LogP contribution in [-0.2, 0) is 32.6 Å². The lowest BCUT2D eigenvalue weighted by molar-refractivity contribution is 0.0936. The van der Waals surface area contributed by atoms with Gasteiger partial charge in [-0.25, -0.2) is 4.39 Å². The number of aromatic nitrogens is 3. The number of hydrogen-bond acceptors (Lipinski definition) is 6. The Kier molecular flexibility index (Phi) is 8.58. The fraction of sp³-hybridized carbons (Fsp3) is 0.424. The smallest absolute Gasteiger partial charge is 0.279 e. The maximum absolute atomic E-state index is 14.1. The van der Waals surface area contributed by atoms with Gasteiger partial charge in [-0.05, 0) is 62.5 Å². The van der Waals surface area contributed by atoms with E-state index in [1.54, 1.807) is 13.2 Å². The van der Waals surface area contributed by atoms with Crippen molar-refractivity contribution in [3.8, 4) is 5.75 Å². The molecule has 2 aliphatic heterocycles. The molecule has 0 radical (unpaired) electrons. The lowest BCUT2D eigenvalue weighted by atomic mass is 9.96. The number of carbonyl (C=O) groups is 1. The first kappa shape index (κ1) is 29.1. The number of hydrogen-bond donors (Lipinski definition) is 1. The highest BCUT2D eigenvalue weighted by atomic mass is 19.1. The van der Waals surface area contributed by atoms with Crippen LogP contribution in [0.2, 0.25) is 0 Å². The number of rotatable bonds is 9. The van der Waals surface area contributed by atoms with Crippen LogP contribution in [0.1, 0.15) is 52.5 Å². The number of nitrogens with zero attached hydrogens (tertiary/aromatic N) is 5. The Balaban J connectivity index is 1.12. The van der Waals surface area contributed by atoms with Gasteiger partial charge in [-0.3, -0.25) is 19.4 Å². The van der Waals surface area contributed by atoms with Gasteiger partial charge in [0.2, 0.25) is 0 Å². The number of benzene rings is 2. The number of piperidine rings is 1. The number of carbonyl (C=O) groups excluding carboxylic acids is 1. The molecule has 226 valence electrons. The molecule has 10 heteroatoms. The molecule has 0 unspecified atom stereocenters. The summed E-state index contributed by atoms with van der Waals surface area (Å²) in [6.45, 7) is 7.66. The fourth-order valence-corrected chi connectivity index (χ4v) is 6.48. The number of halogens is 1. The van der Waals surface area contributed by atoms with Crippen molar-refractivity contribution in [3.63, 3.8) is 0 Å². The SMILES string of the molecule is CCn1c2c(c(=O)n3ncc(C(=O)NCC4CCN(Cc5ccccc5F)CC4)c13)CN(Cc1ccc(OC)cc1)CC2. The van der Waals surface area contributed by atoms with Crippen molar-refractivity contribution in [3.05, 3.63) is 98.8 Å². The third-order valence-electron chi connectivity index (χ3n) is 8.91. The van der Waals surface area contributed by atoms with Crippen LogP contribution in [0.4, 0.5) is 4.39 Å². The van der Waals surface area contributed by atoms with Gasteiger partial charge in [-0.2, -0.15) is 9.61 Å². The molecule has 0 saturated carbocycles. The Labute approximate surface area is 250 Å². The minimum absolute atomic E-state index is 0.157. The quantitative estimate of drug-likeness (QED) is 0.321. The molecule has 2 aromatic carbocycles. The van der Waals surface area contributed by atoms with Crippen LogP contribution < -0.4 is 15.6 Å². The van der Waals surface area contributed by atoms with E-state index < -0.39 is 0 Å². The first-order valence-electron chi connectivity index (χ1n) is 15.2. The highest BCUT2D eigenvalue weighted by Crippen LogP contribution is 2.24. The summed E-state index contributed by atoms with van der Waals surface area (Å²) in [5.74, 6) is 0.798. The number of amides is 1. The Morgan fingerprint density at radius 2 is 1.81 bits per heavy atom. The average molecular weight is 587 g/mol.